The van der Waals surface area contributed by atoms with Gasteiger partial charge in [-0.3, -0.25) is 5.43 Å². The van der Waals surface area contributed by atoms with Crippen LogP contribution in [0.15, 0.2) is 28.9 Å². The van der Waals surface area contributed by atoms with Crippen molar-refractivity contribution in [2.75, 3.05) is 11.7 Å². The molecule has 88 valence electrons. The van der Waals surface area contributed by atoms with E-state index < -0.39 is 0 Å². The minimum Gasteiger partial charge on any atom is -0.300 e. The highest BCUT2D eigenvalue weighted by Gasteiger charge is 2.21. The molecule has 0 bridgehead atoms. The molecule has 0 aromatic carbocycles. The van der Waals surface area contributed by atoms with E-state index >= 15 is 0 Å². The van der Waals surface area contributed by atoms with Gasteiger partial charge in [0.1, 0.15) is 4.28 Å². The molecule has 3 rings (SSSR count). The smallest absolute Gasteiger partial charge is 0.190 e. The Bertz CT molecular complexity index is 517. The summed E-state index contributed by atoms with van der Waals surface area (Å²) in [7, 11) is 0. The number of imidazole rings is 1. The lowest BCUT2D eigenvalue weighted by Crippen LogP contribution is -2.11. The predicted molar refractivity (Wildman–Crippen MR) is 73.0 cm³/mol. The SMILES string of the molecule is CSc1ncc(-c2cn3c(n2)SC(Br)N3)cn1. The average molecular weight is 330 g/mol. The van der Waals surface area contributed by atoms with Crippen LogP contribution < -0.4 is 5.43 Å². The van der Waals surface area contributed by atoms with Gasteiger partial charge in [0.15, 0.2) is 10.3 Å². The average Bonchev–Trinajstić information content (AvgIpc) is 2.86. The highest BCUT2D eigenvalue weighted by atomic mass is 79.9. The molecule has 5 nitrogen and oxygen atoms in total. The van der Waals surface area contributed by atoms with Crippen molar-refractivity contribution in [1.29, 1.82) is 0 Å². The summed E-state index contributed by atoms with van der Waals surface area (Å²) in [5.74, 6) is 0. The maximum atomic E-state index is 4.51. The largest absolute Gasteiger partial charge is 0.300 e. The van der Waals surface area contributed by atoms with Crippen LogP contribution in [0.25, 0.3) is 11.3 Å². The lowest BCUT2D eigenvalue weighted by molar-refractivity contribution is 0.822. The summed E-state index contributed by atoms with van der Waals surface area (Å²) in [6, 6.07) is 0. The van der Waals surface area contributed by atoms with Crippen LogP contribution in [0.5, 0.6) is 0 Å². The van der Waals surface area contributed by atoms with Gasteiger partial charge < -0.3 is 0 Å². The molecule has 1 aliphatic heterocycles. The summed E-state index contributed by atoms with van der Waals surface area (Å²) >= 11 is 6.61. The maximum absolute atomic E-state index is 4.51. The molecule has 1 aliphatic rings. The zero-order valence-electron chi connectivity index (χ0n) is 8.79. The highest BCUT2D eigenvalue weighted by molar-refractivity contribution is 9.11. The van der Waals surface area contributed by atoms with Crippen molar-refractivity contribution in [3.8, 4) is 11.3 Å². The third kappa shape index (κ3) is 2.16. The second-order valence-electron chi connectivity index (χ2n) is 3.30. The van der Waals surface area contributed by atoms with Crippen molar-refractivity contribution in [2.24, 2.45) is 0 Å². The summed E-state index contributed by atoms with van der Waals surface area (Å²) in [6.45, 7) is 0. The fourth-order valence-electron chi connectivity index (χ4n) is 1.46. The predicted octanol–water partition coefficient (Wildman–Crippen LogP) is 2.39. The topological polar surface area (TPSA) is 55.6 Å². The first kappa shape index (κ1) is 11.4. The van der Waals surface area contributed by atoms with Crippen LogP contribution in [0.4, 0.5) is 0 Å². The van der Waals surface area contributed by atoms with E-state index in [1.54, 1.807) is 24.2 Å². The number of alkyl halides is 1. The molecule has 0 saturated carbocycles. The van der Waals surface area contributed by atoms with Gasteiger partial charge in [-0.05, 0) is 18.0 Å². The van der Waals surface area contributed by atoms with Gasteiger partial charge in [0.05, 0.1) is 11.9 Å². The lowest BCUT2D eigenvalue weighted by atomic mass is 10.3. The molecule has 0 fully saturated rings. The van der Waals surface area contributed by atoms with E-state index in [2.05, 4.69) is 36.3 Å². The van der Waals surface area contributed by atoms with Gasteiger partial charge in [0.2, 0.25) is 0 Å². The Morgan fingerprint density at radius 1 is 1.47 bits per heavy atom. The zero-order chi connectivity index (χ0) is 11.8. The molecule has 0 radical (unpaired) electrons. The van der Waals surface area contributed by atoms with Crippen molar-refractivity contribution in [1.82, 2.24) is 19.6 Å². The van der Waals surface area contributed by atoms with Crippen LogP contribution in [0.2, 0.25) is 0 Å². The summed E-state index contributed by atoms with van der Waals surface area (Å²) < 4.78 is 2.09. The number of halogens is 1. The molecule has 0 amide bonds. The molecule has 0 aliphatic carbocycles. The van der Waals surface area contributed by atoms with E-state index in [0.29, 0.717) is 0 Å². The van der Waals surface area contributed by atoms with Gasteiger partial charge in [0.25, 0.3) is 0 Å². The second-order valence-corrected chi connectivity index (χ2v) is 6.67. The molecule has 1 N–H and O–H groups in total. The van der Waals surface area contributed by atoms with Gasteiger partial charge in [-0.2, -0.15) is 0 Å². The van der Waals surface area contributed by atoms with Crippen LogP contribution in [0.3, 0.4) is 0 Å². The molecule has 17 heavy (non-hydrogen) atoms. The van der Waals surface area contributed by atoms with Crippen LogP contribution in [0, 0.1) is 0 Å². The minimum absolute atomic E-state index is 0.189. The molecule has 2 aromatic rings. The Balaban J connectivity index is 1.91. The number of hydrogen-bond donors (Lipinski definition) is 1. The summed E-state index contributed by atoms with van der Waals surface area (Å²) in [5.41, 5.74) is 5.01. The van der Waals surface area contributed by atoms with Gasteiger partial charge in [-0.25, -0.2) is 19.6 Å². The molecule has 8 heteroatoms. The summed E-state index contributed by atoms with van der Waals surface area (Å²) in [6.07, 6.45) is 7.50. The molecule has 1 atom stereocenters. The first-order chi connectivity index (χ1) is 8.26. The van der Waals surface area contributed by atoms with Crippen LogP contribution >= 0.6 is 39.5 Å². The van der Waals surface area contributed by atoms with E-state index in [-0.39, 0.29) is 4.28 Å². The number of rotatable bonds is 2. The third-order valence-corrected chi connectivity index (χ3v) is 4.38. The van der Waals surface area contributed by atoms with E-state index in [1.807, 2.05) is 17.1 Å². The zero-order valence-corrected chi connectivity index (χ0v) is 12.0. The second kappa shape index (κ2) is 4.51. The van der Waals surface area contributed by atoms with Crippen molar-refractivity contribution in [2.45, 2.75) is 14.6 Å². The number of hydrogen-bond acceptors (Lipinski definition) is 6. The molecule has 3 heterocycles. The van der Waals surface area contributed by atoms with E-state index in [0.717, 1.165) is 21.6 Å². The van der Waals surface area contributed by atoms with Gasteiger partial charge in [-0.1, -0.05) is 27.7 Å². The Hall–Kier alpha value is -0.730. The van der Waals surface area contributed by atoms with Crippen molar-refractivity contribution < 1.29 is 0 Å². The van der Waals surface area contributed by atoms with E-state index in [1.165, 1.54) is 11.8 Å². The highest BCUT2D eigenvalue weighted by Crippen LogP contribution is 2.33. The van der Waals surface area contributed by atoms with Crippen LogP contribution in [0.1, 0.15) is 0 Å². The number of thioether (sulfide) groups is 2. The number of aromatic nitrogens is 4. The molecule has 0 spiro atoms. The fraction of sp³-hybridized carbons (Fsp3) is 0.222. The Labute approximate surface area is 115 Å². The Morgan fingerprint density at radius 2 is 2.24 bits per heavy atom. The van der Waals surface area contributed by atoms with Gasteiger partial charge in [-0.15, -0.1) is 0 Å². The fourth-order valence-corrected chi connectivity index (χ4v) is 3.22. The van der Waals surface area contributed by atoms with Crippen LogP contribution in [-0.4, -0.2) is 30.2 Å². The number of fused-ring (bicyclic) bond motifs is 1. The van der Waals surface area contributed by atoms with Gasteiger partial charge >= 0.3 is 0 Å². The molecule has 2 aromatic heterocycles. The molecular formula is C9H8BrN5S2. The minimum atomic E-state index is 0.189. The van der Waals surface area contributed by atoms with Crippen molar-refractivity contribution in [3.05, 3.63) is 18.6 Å². The lowest BCUT2D eigenvalue weighted by Gasteiger charge is -2.01. The number of nitrogens with one attached hydrogen (secondary N) is 1. The standard InChI is InChI=1S/C9H8BrN5S2/c1-16-8-11-2-5(3-12-8)6-4-15-9(13-6)17-7(10)14-15/h2-4,7,14H,1H3. The quantitative estimate of drug-likeness (QED) is 0.395. The molecule has 0 saturated heterocycles. The van der Waals surface area contributed by atoms with Gasteiger partial charge in [0, 0.05) is 18.0 Å². The van der Waals surface area contributed by atoms with Crippen molar-refractivity contribution >= 4 is 39.5 Å². The maximum Gasteiger partial charge on any atom is 0.190 e. The number of nitrogens with zero attached hydrogens (tertiary/aromatic N) is 4. The molecule has 1 unspecified atom stereocenters. The summed E-state index contributed by atoms with van der Waals surface area (Å²) in [5, 5.41) is 1.71. The third-order valence-electron chi connectivity index (χ3n) is 2.23. The van der Waals surface area contributed by atoms with E-state index in [9.17, 15) is 0 Å². The normalized spacial score (nSPS) is 17.9. The first-order valence-electron chi connectivity index (χ1n) is 4.79. The van der Waals surface area contributed by atoms with Crippen LogP contribution in [-0.2, 0) is 0 Å². The summed E-state index contributed by atoms with van der Waals surface area (Å²) in [4.78, 5) is 13.0. The van der Waals surface area contributed by atoms with E-state index in [4.69, 9.17) is 0 Å². The van der Waals surface area contributed by atoms with Crippen molar-refractivity contribution in [3.63, 3.8) is 0 Å². The Kier molecular flexibility index (Phi) is 3.01. The Morgan fingerprint density at radius 3 is 2.88 bits per heavy atom. The monoisotopic (exact) mass is 329 g/mol. The first-order valence-corrected chi connectivity index (χ1v) is 7.81. The molecular weight excluding hydrogens is 322 g/mol.